The lowest BCUT2D eigenvalue weighted by molar-refractivity contribution is -0.302. The van der Waals surface area contributed by atoms with Crippen molar-refractivity contribution in [2.75, 3.05) is 27.9 Å². The lowest BCUT2D eigenvalue weighted by Crippen LogP contribution is -2.64. The maximum Gasteiger partial charge on any atom is 0.329 e. The van der Waals surface area contributed by atoms with Crippen LogP contribution in [0.5, 0.6) is 0 Å². The summed E-state index contributed by atoms with van der Waals surface area (Å²) in [5.41, 5.74) is 1.61. The molecule has 1 aliphatic carbocycles. The molecule has 5 N–H and O–H groups in total. The van der Waals surface area contributed by atoms with Crippen LogP contribution in [-0.2, 0) is 42.9 Å². The van der Waals surface area contributed by atoms with Gasteiger partial charge in [0.2, 0.25) is 5.79 Å². The molecule has 3 aliphatic heterocycles. The largest absolute Gasteiger partial charge is 0.456 e. The number of fused-ring (bicyclic) bond motifs is 3. The van der Waals surface area contributed by atoms with Gasteiger partial charge in [-0.1, -0.05) is 44.6 Å². The van der Waals surface area contributed by atoms with Crippen molar-refractivity contribution in [3.05, 3.63) is 36.0 Å². The molecule has 3 heterocycles. The molecular weight excluding hydrogens is 750 g/mol. The minimum absolute atomic E-state index is 0. The summed E-state index contributed by atoms with van der Waals surface area (Å²) in [6.45, 7) is 13.1. The molecule has 1 saturated carbocycles. The molecule has 2 saturated heterocycles. The van der Waals surface area contributed by atoms with E-state index in [0.717, 1.165) is 5.57 Å². The molecule has 2 bridgehead atoms. The van der Waals surface area contributed by atoms with Gasteiger partial charge in [-0.2, -0.15) is 0 Å². The third-order valence-electron chi connectivity index (χ3n) is 12.9. The van der Waals surface area contributed by atoms with Crippen LogP contribution < -0.4 is 0 Å². The monoisotopic (exact) mass is 821 g/mol. The molecule has 0 radical (unpaired) electrons. The highest BCUT2D eigenvalue weighted by atomic mass is 16.7. The second-order valence-corrected chi connectivity index (χ2v) is 17.3. The molecule has 1 amide bonds. The van der Waals surface area contributed by atoms with Gasteiger partial charge in [-0.25, -0.2) is 4.79 Å². The van der Waals surface area contributed by atoms with Gasteiger partial charge >= 0.3 is 5.97 Å². The molecular formula is C44H71NO13. The molecule has 3 fully saturated rings. The highest BCUT2D eigenvalue weighted by molar-refractivity contribution is 6.39. The van der Waals surface area contributed by atoms with E-state index in [1.165, 1.54) is 19.1 Å². The molecule has 4 rings (SSSR count). The Kier molecular flexibility index (Phi) is 18.9. The first-order chi connectivity index (χ1) is 27.0. The summed E-state index contributed by atoms with van der Waals surface area (Å²) >= 11 is 0. The quantitative estimate of drug-likeness (QED) is 0.190. The summed E-state index contributed by atoms with van der Waals surface area (Å²) < 4.78 is 29.7. The van der Waals surface area contributed by atoms with E-state index >= 15 is 0 Å². The fourth-order valence-corrected chi connectivity index (χ4v) is 9.42. The van der Waals surface area contributed by atoms with Crippen LogP contribution in [0.15, 0.2) is 36.0 Å². The first kappa shape index (κ1) is 49.5. The molecule has 0 unspecified atom stereocenters. The third kappa shape index (κ3) is 11.7. The van der Waals surface area contributed by atoms with Crippen LogP contribution in [0.4, 0.5) is 0 Å². The highest BCUT2D eigenvalue weighted by Crippen LogP contribution is 2.39. The molecule has 14 nitrogen and oxygen atoms in total. The van der Waals surface area contributed by atoms with Gasteiger partial charge < -0.3 is 49.4 Å². The number of cyclic esters (lactones) is 1. The van der Waals surface area contributed by atoms with Crippen molar-refractivity contribution in [3.8, 4) is 0 Å². The van der Waals surface area contributed by atoms with Crippen LogP contribution in [0.1, 0.15) is 105 Å². The maximum atomic E-state index is 14.3. The standard InChI is InChI=1S/C44H69NO12.H2O/c1-10-13-31-19-25(2)18-26(3)20-37(54-8)40-38(55-9)22-28(5)44(52,57-40)41(49)42(50)45-17-12-11-14-32(45)43(51)56-39(29(6)34(47)24-35(31)48)27(4)21-30-15-16-33(46)36(23-30)53-7;/h10,19,21,26,28-34,36-40,46-47,52H,1,11-18,20,22-24H2,2-9H3;1H2/b25-19?,27-21+;/t26-,28+,29+,30-,31+,32-,33+,34-,36+,37-,38-,39+,40+,44+;/m0./s1. The van der Waals surface area contributed by atoms with Crippen molar-refractivity contribution in [2.45, 2.75) is 160 Å². The Morgan fingerprint density at radius 1 is 0.931 bits per heavy atom. The van der Waals surface area contributed by atoms with E-state index in [1.807, 2.05) is 32.9 Å². The molecule has 0 spiro atoms. The van der Waals surface area contributed by atoms with Gasteiger partial charge in [0.25, 0.3) is 11.7 Å². The number of piperidine rings is 1. The Labute approximate surface area is 344 Å². The zero-order valence-corrected chi connectivity index (χ0v) is 35.9. The van der Waals surface area contributed by atoms with Crippen LogP contribution in [0.2, 0.25) is 0 Å². The summed E-state index contributed by atoms with van der Waals surface area (Å²) in [5.74, 6) is -7.76. The molecule has 4 aliphatic rings. The van der Waals surface area contributed by atoms with Crippen molar-refractivity contribution < 1.29 is 63.7 Å². The average molecular weight is 822 g/mol. The van der Waals surface area contributed by atoms with Crippen LogP contribution in [0, 0.1) is 29.6 Å². The number of ether oxygens (including phenoxy) is 5. The number of aliphatic hydroxyl groups is 3. The predicted octanol–water partition coefficient (Wildman–Crippen LogP) is 3.81. The number of aliphatic hydroxyl groups excluding tert-OH is 2. The highest BCUT2D eigenvalue weighted by Gasteiger charge is 2.56. The van der Waals surface area contributed by atoms with Gasteiger partial charge in [0.05, 0.1) is 30.5 Å². The van der Waals surface area contributed by atoms with Crippen molar-refractivity contribution >= 4 is 23.4 Å². The normalized spacial score (nSPS) is 39.4. The number of hydrogen-bond donors (Lipinski definition) is 3. The number of rotatable bonds is 7. The molecule has 14 heteroatoms. The van der Waals surface area contributed by atoms with Crippen LogP contribution in [-0.4, -0.2) is 132 Å². The topological polar surface area (TPSA) is 210 Å². The Bertz CT molecular complexity index is 1480. The zero-order chi connectivity index (χ0) is 42.2. The van der Waals surface area contributed by atoms with E-state index in [1.54, 1.807) is 27.0 Å². The Morgan fingerprint density at radius 2 is 1.59 bits per heavy atom. The van der Waals surface area contributed by atoms with Crippen LogP contribution in [0.3, 0.4) is 0 Å². The van der Waals surface area contributed by atoms with Gasteiger partial charge in [0, 0.05) is 52.0 Å². The molecule has 0 aromatic rings. The first-order valence-electron chi connectivity index (χ1n) is 20.9. The van der Waals surface area contributed by atoms with Gasteiger partial charge in [-0.05, 0) is 95.5 Å². The smallest absolute Gasteiger partial charge is 0.329 e. The van der Waals surface area contributed by atoms with Gasteiger partial charge in [-0.15, -0.1) is 6.58 Å². The number of amides is 1. The second-order valence-electron chi connectivity index (χ2n) is 17.3. The summed E-state index contributed by atoms with van der Waals surface area (Å²) in [6, 6.07) is -1.14. The third-order valence-corrected chi connectivity index (χ3v) is 12.9. The zero-order valence-electron chi connectivity index (χ0n) is 35.9. The van der Waals surface area contributed by atoms with Gasteiger partial charge in [0.1, 0.15) is 24.0 Å². The van der Waals surface area contributed by atoms with E-state index in [0.29, 0.717) is 56.9 Å². The summed E-state index contributed by atoms with van der Waals surface area (Å²) in [6.07, 6.45) is 4.93. The number of carbonyl (C=O) groups is 4. The minimum Gasteiger partial charge on any atom is -0.456 e. The number of methoxy groups -OCH3 is 3. The molecule has 330 valence electrons. The number of nitrogens with zero attached hydrogens (tertiary/aromatic N) is 1. The van der Waals surface area contributed by atoms with E-state index < -0.39 is 83.9 Å². The second kappa shape index (κ2) is 22.1. The van der Waals surface area contributed by atoms with E-state index in [2.05, 4.69) is 6.58 Å². The van der Waals surface area contributed by atoms with Gasteiger partial charge in [0.15, 0.2) is 0 Å². The summed E-state index contributed by atoms with van der Waals surface area (Å²) in [5, 5.41) is 34.1. The lowest BCUT2D eigenvalue weighted by Gasteiger charge is -2.47. The molecule has 0 aromatic heterocycles. The Morgan fingerprint density at radius 3 is 2.22 bits per heavy atom. The van der Waals surface area contributed by atoms with Gasteiger partial charge in [-0.3, -0.25) is 14.4 Å². The van der Waals surface area contributed by atoms with Crippen molar-refractivity contribution in [1.29, 1.82) is 0 Å². The van der Waals surface area contributed by atoms with Crippen molar-refractivity contribution in [3.63, 3.8) is 0 Å². The molecule has 14 atom stereocenters. The number of carbonyl (C=O) groups excluding carboxylic acids is 4. The number of ketones is 2. The van der Waals surface area contributed by atoms with Crippen LogP contribution in [0.25, 0.3) is 0 Å². The number of allylic oxidation sites excluding steroid dienone is 4. The fraction of sp³-hybridized carbons (Fsp3) is 0.773. The SMILES string of the molecule is C=CC[C@@H]1C=C(C)C[C@H](C)C[C@H](OC)[C@H]2O[C@@](O)(C(=O)C(=O)N3CCCC[C@H]3C(=O)O[C@H](/C(C)=C/[C@@H]3CC[C@@H](O)[C@H](OC)C3)[C@H](C)[C@@H](O)CC1=O)[C@H](C)C[C@@H]2OC.O. The van der Waals surface area contributed by atoms with Crippen LogP contribution >= 0.6 is 0 Å². The number of Topliss-reactive ketones (excluding diaryl/α,β-unsaturated/α-hetero) is 2. The first-order valence-corrected chi connectivity index (χ1v) is 20.9. The van der Waals surface area contributed by atoms with E-state index in [-0.39, 0.29) is 55.0 Å². The summed E-state index contributed by atoms with van der Waals surface area (Å²) in [4.78, 5) is 57.8. The number of hydrogen-bond acceptors (Lipinski definition) is 12. The maximum absolute atomic E-state index is 14.3. The van der Waals surface area contributed by atoms with Crippen molar-refractivity contribution in [1.82, 2.24) is 4.90 Å². The summed E-state index contributed by atoms with van der Waals surface area (Å²) in [7, 11) is 4.61. The average Bonchev–Trinajstić information content (AvgIpc) is 3.18. The Hall–Kier alpha value is -2.82. The number of esters is 1. The predicted molar refractivity (Wildman–Crippen MR) is 216 cm³/mol. The van der Waals surface area contributed by atoms with Crippen molar-refractivity contribution in [2.24, 2.45) is 29.6 Å². The fourth-order valence-electron chi connectivity index (χ4n) is 9.42. The molecule has 58 heavy (non-hydrogen) atoms. The van der Waals surface area contributed by atoms with E-state index in [9.17, 15) is 34.5 Å². The van der Waals surface area contributed by atoms with E-state index in [4.69, 9.17) is 23.7 Å². The Balaban J connectivity index is 0.00000900. The minimum atomic E-state index is -2.51. The molecule has 0 aromatic carbocycles. The lowest BCUT2D eigenvalue weighted by atomic mass is 9.81.